The van der Waals surface area contributed by atoms with Crippen molar-refractivity contribution in [3.05, 3.63) is 70.3 Å². The summed E-state index contributed by atoms with van der Waals surface area (Å²) in [6.07, 6.45) is 9.94. The Morgan fingerprint density at radius 3 is 2.82 bits per heavy atom. The predicted molar refractivity (Wildman–Crippen MR) is 156 cm³/mol. The maximum Gasteiger partial charge on any atom is 0.263 e. The normalized spacial score (nSPS) is 33.6. The van der Waals surface area contributed by atoms with Crippen molar-refractivity contribution in [2.75, 3.05) is 24.6 Å². The lowest BCUT2D eigenvalue weighted by molar-refractivity contribution is 0.0177. The number of aliphatic hydroxyl groups excluding tert-OH is 1. The van der Waals surface area contributed by atoms with Gasteiger partial charge in [-0.2, -0.15) is 0 Å². The van der Waals surface area contributed by atoms with Crippen molar-refractivity contribution in [2.45, 2.75) is 68.6 Å². The van der Waals surface area contributed by atoms with E-state index in [-0.39, 0.29) is 22.5 Å². The molecule has 0 radical (unpaired) electrons. The first-order valence-electron chi connectivity index (χ1n) is 14.2. The van der Waals surface area contributed by atoms with Gasteiger partial charge < -0.3 is 14.7 Å². The fourth-order valence-corrected chi connectivity index (χ4v) is 7.89. The summed E-state index contributed by atoms with van der Waals surface area (Å²) >= 11 is 6.38. The van der Waals surface area contributed by atoms with Gasteiger partial charge in [0.25, 0.3) is 5.91 Å². The van der Waals surface area contributed by atoms with Crippen LogP contribution < -0.4 is 14.4 Å². The van der Waals surface area contributed by atoms with E-state index in [4.69, 9.17) is 16.3 Å². The predicted octanol–water partition coefficient (Wildman–Crippen LogP) is 5.33. The third-order valence-electron chi connectivity index (χ3n) is 9.30. The van der Waals surface area contributed by atoms with E-state index in [1.807, 2.05) is 37.3 Å². The molecule has 8 heteroatoms. The second-order valence-corrected chi connectivity index (χ2v) is 13.9. The van der Waals surface area contributed by atoms with Gasteiger partial charge in [0.1, 0.15) is 16.7 Å². The van der Waals surface area contributed by atoms with Crippen LogP contribution in [0.15, 0.2) is 48.6 Å². The maximum atomic E-state index is 13.2. The van der Waals surface area contributed by atoms with Crippen molar-refractivity contribution < 1.29 is 18.8 Å². The molecule has 6 rings (SSSR count). The number of anilines is 1. The molecule has 1 unspecified atom stereocenters. The van der Waals surface area contributed by atoms with Gasteiger partial charge in [-0.05, 0) is 105 Å². The number of nitrogens with one attached hydrogen (secondary N) is 1. The van der Waals surface area contributed by atoms with Gasteiger partial charge in [0.15, 0.2) is 0 Å². The summed E-state index contributed by atoms with van der Waals surface area (Å²) in [5.74, 6) is 1.02. The van der Waals surface area contributed by atoms with E-state index in [1.54, 1.807) is 6.07 Å². The van der Waals surface area contributed by atoms with Crippen LogP contribution in [0.2, 0.25) is 5.02 Å². The molecule has 2 aromatic carbocycles. The molecule has 1 spiro atoms. The average molecular weight is 569 g/mol. The number of ether oxygens (including phenoxy) is 1. The molecule has 39 heavy (non-hydrogen) atoms. The second-order valence-electron chi connectivity index (χ2n) is 11.8. The first-order valence-corrected chi connectivity index (χ1v) is 15.8. The Balaban J connectivity index is 1.40. The Bertz CT molecular complexity index is 1320. The van der Waals surface area contributed by atoms with Crippen LogP contribution in [-0.2, 0) is 22.8 Å². The Hall–Kier alpha value is -2.35. The van der Waals surface area contributed by atoms with Crippen molar-refractivity contribution in [3.8, 4) is 5.75 Å². The molecule has 6 nitrogen and oxygen atoms in total. The van der Waals surface area contributed by atoms with Crippen molar-refractivity contribution in [3.63, 3.8) is 0 Å². The van der Waals surface area contributed by atoms with Gasteiger partial charge in [-0.25, -0.2) is 4.21 Å². The molecule has 2 aliphatic heterocycles. The number of aliphatic hydroxyl groups is 1. The van der Waals surface area contributed by atoms with Crippen LogP contribution in [0.25, 0.3) is 0 Å². The minimum absolute atomic E-state index is 0.196. The van der Waals surface area contributed by atoms with Gasteiger partial charge in [-0.15, -0.1) is 0 Å². The lowest BCUT2D eigenvalue weighted by Gasteiger charge is -2.45. The Morgan fingerprint density at radius 2 is 2.00 bits per heavy atom. The Morgan fingerprint density at radius 1 is 1.15 bits per heavy atom. The van der Waals surface area contributed by atoms with Crippen LogP contribution >= 0.6 is 11.6 Å². The van der Waals surface area contributed by atoms with E-state index < -0.39 is 17.1 Å². The van der Waals surface area contributed by atoms with E-state index in [9.17, 15) is 14.1 Å². The smallest absolute Gasteiger partial charge is 0.263 e. The van der Waals surface area contributed by atoms with Crippen LogP contribution in [-0.4, -0.2) is 46.3 Å². The number of hydrogen-bond donors (Lipinski definition) is 2. The van der Waals surface area contributed by atoms with Gasteiger partial charge in [0.05, 0.1) is 23.6 Å². The Labute approximate surface area is 238 Å². The summed E-state index contributed by atoms with van der Waals surface area (Å²) in [7, 11) is -1.52. The number of hydrogen-bond acceptors (Lipinski definition) is 5. The van der Waals surface area contributed by atoms with E-state index in [0.29, 0.717) is 30.9 Å². The zero-order valence-corrected chi connectivity index (χ0v) is 24.0. The molecule has 1 fully saturated rings. The minimum atomic E-state index is -1.52. The fourth-order valence-electron chi connectivity index (χ4n) is 6.90. The van der Waals surface area contributed by atoms with Crippen LogP contribution in [0.4, 0.5) is 5.69 Å². The number of halogens is 1. The van der Waals surface area contributed by atoms with Crippen LogP contribution in [0, 0.1) is 11.8 Å². The van der Waals surface area contributed by atoms with E-state index in [2.05, 4.69) is 21.8 Å². The number of carbonyl (C=O) groups excluding carboxylic acids is 1. The number of nitrogens with zero attached hydrogens (tertiary/aromatic N) is 1. The SMILES string of the molecule is C[C@@H]1C/C=C/C[C@@H](O)[C@@H]2CC[C@H]2CN2C[C@@]3(CCCc4cc(Cl)ccc43)COc3ccc(cc32)C(=O)NS1=O. The zero-order valence-electron chi connectivity index (χ0n) is 22.4. The van der Waals surface area contributed by atoms with Gasteiger partial charge in [0.2, 0.25) is 0 Å². The molecule has 0 saturated heterocycles. The molecule has 6 atom stereocenters. The molecule has 2 heterocycles. The average Bonchev–Trinajstić information content (AvgIpc) is 3.05. The third kappa shape index (κ3) is 5.25. The number of rotatable bonds is 0. The highest BCUT2D eigenvalue weighted by Gasteiger charge is 2.44. The molecule has 0 aromatic heterocycles. The van der Waals surface area contributed by atoms with Gasteiger partial charge in [0, 0.05) is 29.1 Å². The summed E-state index contributed by atoms with van der Waals surface area (Å²) in [5.41, 5.74) is 3.76. The van der Waals surface area contributed by atoms with Crippen LogP contribution in [0.3, 0.4) is 0 Å². The van der Waals surface area contributed by atoms with Gasteiger partial charge >= 0.3 is 0 Å². The monoisotopic (exact) mass is 568 g/mol. The molecule has 2 aliphatic carbocycles. The molecule has 1 amide bonds. The molecular weight excluding hydrogens is 532 g/mol. The second kappa shape index (κ2) is 10.9. The number of benzene rings is 2. The fraction of sp³-hybridized carbons (Fsp3) is 0.516. The minimum Gasteiger partial charge on any atom is -0.490 e. The van der Waals surface area contributed by atoms with E-state index >= 15 is 0 Å². The van der Waals surface area contributed by atoms with E-state index in [1.165, 1.54) is 11.1 Å². The number of carbonyl (C=O) groups is 1. The standard InChI is InChI=1S/C31H37ClN2O4S/c1-20-5-2-3-7-28(35)25-11-8-23(25)17-34-18-31(14-4-6-21-15-24(32)10-12-26(21)31)19-38-29-13-9-22(16-27(29)34)30(36)33-39(20)37/h2-3,9-10,12-13,15-16,20,23,25,28,35H,4-8,11,14,17-19H2,1H3,(H,33,36)/b3-2+/t20-,23+,25-,28-,31+,39?/m1/s1. The van der Waals surface area contributed by atoms with Crippen molar-refractivity contribution in [2.24, 2.45) is 11.8 Å². The molecule has 2 aromatic rings. The summed E-state index contributed by atoms with van der Waals surface area (Å²) < 4.78 is 22.1. The number of allylic oxidation sites excluding steroid dienone is 1. The van der Waals surface area contributed by atoms with Gasteiger partial charge in [-0.1, -0.05) is 29.8 Å². The number of amides is 1. The largest absolute Gasteiger partial charge is 0.490 e. The maximum absolute atomic E-state index is 13.2. The van der Waals surface area contributed by atoms with Crippen LogP contribution in [0.1, 0.15) is 66.9 Å². The lowest BCUT2D eigenvalue weighted by Crippen LogP contribution is -2.49. The summed E-state index contributed by atoms with van der Waals surface area (Å²) in [4.78, 5) is 15.6. The van der Waals surface area contributed by atoms with Crippen molar-refractivity contribution >= 4 is 34.2 Å². The summed E-state index contributed by atoms with van der Waals surface area (Å²) in [6, 6.07) is 11.8. The molecule has 2 bridgehead atoms. The van der Waals surface area contributed by atoms with Crippen molar-refractivity contribution in [1.29, 1.82) is 0 Å². The molecule has 1 saturated carbocycles. The highest BCUT2D eigenvalue weighted by Crippen LogP contribution is 2.46. The number of fused-ring (bicyclic) bond motifs is 4. The first-order chi connectivity index (χ1) is 18.8. The third-order valence-corrected chi connectivity index (χ3v) is 10.8. The van der Waals surface area contributed by atoms with Crippen molar-refractivity contribution in [1.82, 2.24) is 4.72 Å². The highest BCUT2D eigenvalue weighted by molar-refractivity contribution is 7.84. The Kier molecular flexibility index (Phi) is 7.51. The molecular formula is C31H37ClN2O4S. The summed E-state index contributed by atoms with van der Waals surface area (Å²) in [5, 5.41) is 11.6. The van der Waals surface area contributed by atoms with Crippen LogP contribution in [0.5, 0.6) is 5.75 Å². The topological polar surface area (TPSA) is 78.9 Å². The molecule has 4 aliphatic rings. The lowest BCUT2D eigenvalue weighted by atomic mass is 9.68. The first kappa shape index (κ1) is 26.9. The zero-order chi connectivity index (χ0) is 27.1. The summed E-state index contributed by atoms with van der Waals surface area (Å²) in [6.45, 7) is 3.98. The quantitative estimate of drug-likeness (QED) is 0.420. The van der Waals surface area contributed by atoms with E-state index in [0.717, 1.165) is 61.7 Å². The molecule has 208 valence electrons. The molecule has 2 N–H and O–H groups in total. The number of aryl methyl sites for hydroxylation is 1. The van der Waals surface area contributed by atoms with Gasteiger partial charge in [-0.3, -0.25) is 9.52 Å². The highest BCUT2D eigenvalue weighted by atomic mass is 35.5.